The molecule has 54 valence electrons. The Morgan fingerprint density at radius 3 is 1.33 bits per heavy atom. The number of hydrogen-bond acceptors (Lipinski definition) is 2. The molecule has 0 aliphatic carbocycles. The number of nitrogens with two attached hydrogens (primary N) is 2. The molecule has 0 radical (unpaired) electrons. The molecule has 0 aromatic heterocycles. The quantitative estimate of drug-likeness (QED) is 0.338. The van der Waals surface area contributed by atoms with E-state index in [1.807, 2.05) is 0 Å². The predicted molar refractivity (Wildman–Crippen MR) is 40.3 cm³/mol. The second-order valence-corrected chi connectivity index (χ2v) is 1.55. The van der Waals surface area contributed by atoms with E-state index >= 15 is 0 Å². The molecule has 0 rings (SSSR count). The summed E-state index contributed by atoms with van der Waals surface area (Å²) in [5.41, 5.74) is 9.94. The topological polar surface area (TPSA) is 99.7 Å². The molecule has 0 spiro atoms. The van der Waals surface area contributed by atoms with Crippen molar-refractivity contribution in [1.82, 2.24) is 0 Å². The van der Waals surface area contributed by atoms with Crippen LogP contribution in [0.4, 0.5) is 0 Å². The van der Waals surface area contributed by atoms with Crippen LogP contribution in [0.15, 0.2) is 0 Å². The average Bonchev–Trinajstić information content (AvgIpc) is 1.61. The molecule has 0 bridgehead atoms. The molecule has 9 heavy (non-hydrogen) atoms. The van der Waals surface area contributed by atoms with Crippen molar-refractivity contribution in [3.63, 3.8) is 0 Å². The Balaban J connectivity index is 0. The standard InChI is InChI=1S/C4H10N4.ClH/c5-3(6)1-2-4(7)8;/h1-2H2,(H3,5,6)(H3,7,8);1H. The van der Waals surface area contributed by atoms with Crippen molar-refractivity contribution in [2.75, 3.05) is 0 Å². The van der Waals surface area contributed by atoms with Gasteiger partial charge in [0.25, 0.3) is 0 Å². The third kappa shape index (κ3) is 11.1. The van der Waals surface area contributed by atoms with Gasteiger partial charge in [0.15, 0.2) is 0 Å². The molecular weight excluding hydrogens is 140 g/mol. The minimum Gasteiger partial charge on any atom is -0.388 e. The van der Waals surface area contributed by atoms with Gasteiger partial charge >= 0.3 is 0 Å². The highest BCUT2D eigenvalue weighted by molar-refractivity contribution is 5.85. The van der Waals surface area contributed by atoms with Gasteiger partial charge in [-0.3, -0.25) is 10.8 Å². The second-order valence-electron chi connectivity index (χ2n) is 1.55. The van der Waals surface area contributed by atoms with Gasteiger partial charge in [0.05, 0.1) is 11.7 Å². The van der Waals surface area contributed by atoms with E-state index in [0.29, 0.717) is 12.8 Å². The van der Waals surface area contributed by atoms with Crippen LogP contribution >= 0.6 is 12.4 Å². The number of amidine groups is 2. The van der Waals surface area contributed by atoms with Gasteiger partial charge in [-0.2, -0.15) is 0 Å². The highest BCUT2D eigenvalue weighted by Crippen LogP contribution is 1.83. The Morgan fingerprint density at radius 2 is 1.22 bits per heavy atom. The van der Waals surface area contributed by atoms with Gasteiger partial charge in [0.2, 0.25) is 0 Å². The first-order valence-corrected chi connectivity index (χ1v) is 2.28. The van der Waals surface area contributed by atoms with Gasteiger partial charge in [-0.25, -0.2) is 0 Å². The Bertz CT molecular complexity index is 97.1. The maximum atomic E-state index is 6.71. The fourth-order valence-corrected chi connectivity index (χ4v) is 0.269. The SMILES string of the molecule is Cl.N=C(N)CCC(=N)N. The van der Waals surface area contributed by atoms with E-state index < -0.39 is 0 Å². The molecule has 0 aromatic carbocycles. The van der Waals surface area contributed by atoms with E-state index in [0.717, 1.165) is 0 Å². The van der Waals surface area contributed by atoms with Crippen LogP contribution in [0.2, 0.25) is 0 Å². The highest BCUT2D eigenvalue weighted by Gasteiger charge is 1.90. The molecule has 0 amide bonds. The van der Waals surface area contributed by atoms with Crippen LogP contribution < -0.4 is 11.5 Å². The molecule has 0 saturated heterocycles. The van der Waals surface area contributed by atoms with Gasteiger partial charge in [-0.15, -0.1) is 12.4 Å². The molecule has 0 fully saturated rings. The van der Waals surface area contributed by atoms with Crippen LogP contribution in [0.3, 0.4) is 0 Å². The number of halogens is 1. The van der Waals surface area contributed by atoms with E-state index in [4.69, 9.17) is 22.3 Å². The first kappa shape index (κ1) is 11.1. The van der Waals surface area contributed by atoms with Crippen molar-refractivity contribution in [3.05, 3.63) is 0 Å². The molecule has 0 unspecified atom stereocenters. The summed E-state index contributed by atoms with van der Waals surface area (Å²) in [6, 6.07) is 0. The zero-order chi connectivity index (χ0) is 6.57. The summed E-state index contributed by atoms with van der Waals surface area (Å²) in [5, 5.41) is 13.4. The molecular formula is C4H11ClN4. The van der Waals surface area contributed by atoms with Gasteiger partial charge in [-0.05, 0) is 0 Å². The van der Waals surface area contributed by atoms with Gasteiger partial charge in [0, 0.05) is 12.8 Å². The van der Waals surface area contributed by atoms with E-state index in [1.165, 1.54) is 0 Å². The molecule has 0 aliphatic heterocycles. The van der Waals surface area contributed by atoms with Crippen LogP contribution in [0.25, 0.3) is 0 Å². The molecule has 0 aliphatic rings. The molecule has 0 atom stereocenters. The number of hydrogen-bond donors (Lipinski definition) is 4. The lowest BCUT2D eigenvalue weighted by Gasteiger charge is -1.93. The van der Waals surface area contributed by atoms with Crippen LogP contribution in [-0.2, 0) is 0 Å². The maximum absolute atomic E-state index is 6.71. The summed E-state index contributed by atoms with van der Waals surface area (Å²) in [7, 11) is 0. The predicted octanol–water partition coefficient (Wildman–Crippen LogP) is 0.0603. The largest absolute Gasteiger partial charge is 0.388 e. The fourth-order valence-electron chi connectivity index (χ4n) is 0.269. The summed E-state index contributed by atoms with van der Waals surface area (Å²) in [5.74, 6) is 0.167. The van der Waals surface area contributed by atoms with Crippen molar-refractivity contribution < 1.29 is 0 Å². The summed E-state index contributed by atoms with van der Waals surface area (Å²) in [4.78, 5) is 0. The molecule has 0 aromatic rings. The zero-order valence-electron chi connectivity index (χ0n) is 4.98. The minimum atomic E-state index is 0. The molecule has 0 saturated carbocycles. The zero-order valence-corrected chi connectivity index (χ0v) is 5.79. The smallest absolute Gasteiger partial charge is 0.0909 e. The number of rotatable bonds is 3. The molecule has 0 heterocycles. The lowest BCUT2D eigenvalue weighted by atomic mass is 10.3. The monoisotopic (exact) mass is 150 g/mol. The van der Waals surface area contributed by atoms with Gasteiger partial charge in [-0.1, -0.05) is 0 Å². The van der Waals surface area contributed by atoms with Gasteiger partial charge in [0.1, 0.15) is 0 Å². The van der Waals surface area contributed by atoms with E-state index in [9.17, 15) is 0 Å². The normalized spacial score (nSPS) is 7.56. The Kier molecular flexibility index (Phi) is 6.61. The van der Waals surface area contributed by atoms with Crippen LogP contribution in [-0.4, -0.2) is 11.7 Å². The summed E-state index contributed by atoms with van der Waals surface area (Å²) in [6.45, 7) is 0. The minimum absolute atomic E-state index is 0. The molecule has 6 N–H and O–H groups in total. The van der Waals surface area contributed by atoms with Crippen molar-refractivity contribution in [2.24, 2.45) is 11.5 Å². The van der Waals surface area contributed by atoms with Crippen LogP contribution in [0.1, 0.15) is 12.8 Å². The van der Waals surface area contributed by atoms with Crippen LogP contribution in [0.5, 0.6) is 0 Å². The Hall–Kier alpha value is -0.770. The Labute approximate surface area is 60.0 Å². The van der Waals surface area contributed by atoms with Gasteiger partial charge < -0.3 is 11.5 Å². The van der Waals surface area contributed by atoms with Crippen molar-refractivity contribution in [2.45, 2.75) is 12.8 Å². The summed E-state index contributed by atoms with van der Waals surface area (Å²) < 4.78 is 0. The Morgan fingerprint density at radius 1 is 1.00 bits per heavy atom. The average molecular weight is 151 g/mol. The highest BCUT2D eigenvalue weighted by atomic mass is 35.5. The van der Waals surface area contributed by atoms with Crippen molar-refractivity contribution in [3.8, 4) is 0 Å². The molecule has 5 heteroatoms. The second kappa shape index (κ2) is 5.37. The van der Waals surface area contributed by atoms with E-state index in [1.54, 1.807) is 0 Å². The first-order chi connectivity index (χ1) is 3.63. The van der Waals surface area contributed by atoms with Crippen LogP contribution in [0, 0.1) is 10.8 Å². The van der Waals surface area contributed by atoms with Crippen molar-refractivity contribution in [1.29, 1.82) is 10.8 Å². The summed E-state index contributed by atoms with van der Waals surface area (Å²) >= 11 is 0. The summed E-state index contributed by atoms with van der Waals surface area (Å²) in [6.07, 6.45) is 0.796. The van der Waals surface area contributed by atoms with Crippen molar-refractivity contribution >= 4 is 24.1 Å². The first-order valence-electron chi connectivity index (χ1n) is 2.28. The lowest BCUT2D eigenvalue weighted by Crippen LogP contribution is -2.15. The third-order valence-electron chi connectivity index (χ3n) is 0.664. The lowest BCUT2D eigenvalue weighted by molar-refractivity contribution is 1.08. The fraction of sp³-hybridized carbons (Fsp3) is 0.500. The van der Waals surface area contributed by atoms with E-state index in [2.05, 4.69) is 0 Å². The number of nitrogens with one attached hydrogen (secondary N) is 2. The van der Waals surface area contributed by atoms with E-state index in [-0.39, 0.29) is 24.1 Å². The maximum Gasteiger partial charge on any atom is 0.0909 e. The third-order valence-corrected chi connectivity index (χ3v) is 0.664. The molecule has 4 nitrogen and oxygen atoms in total.